The lowest BCUT2D eigenvalue weighted by molar-refractivity contribution is -0.274. The summed E-state index contributed by atoms with van der Waals surface area (Å²) in [5.74, 6) is -4.27. The van der Waals surface area contributed by atoms with Crippen LogP contribution >= 0.6 is 0 Å². The van der Waals surface area contributed by atoms with Gasteiger partial charge in [0.25, 0.3) is 5.91 Å². The number of carbonyl (C=O) groups is 1. The molecule has 30 heavy (non-hydrogen) atoms. The van der Waals surface area contributed by atoms with E-state index in [1.165, 1.54) is 6.92 Å². The molecule has 2 aromatic carbocycles. The highest BCUT2D eigenvalue weighted by atomic mass is 19.4. The Bertz CT molecular complexity index is 956. The molecule has 0 fully saturated rings. The molecular weight excluding hydrogens is 418 g/mol. The normalized spacial score (nSPS) is 13.1. The molecule has 0 aliphatic heterocycles. The second kappa shape index (κ2) is 8.94. The Hall–Kier alpha value is -3.42. The van der Waals surface area contributed by atoms with Crippen LogP contribution in [0, 0.1) is 23.0 Å². The zero-order chi connectivity index (χ0) is 22.5. The summed E-state index contributed by atoms with van der Waals surface area (Å²) < 4.78 is 85.0. The maximum absolute atomic E-state index is 13.4. The summed E-state index contributed by atoms with van der Waals surface area (Å²) in [7, 11) is 0. The van der Waals surface area contributed by atoms with Crippen molar-refractivity contribution in [1.82, 2.24) is 5.32 Å². The van der Waals surface area contributed by atoms with Crippen LogP contribution in [0.5, 0.6) is 11.5 Å². The number of halogens is 6. The first-order valence-corrected chi connectivity index (χ1v) is 8.22. The summed E-state index contributed by atoms with van der Waals surface area (Å²) in [5, 5.41) is 11.7. The van der Waals surface area contributed by atoms with E-state index < -0.39 is 48.5 Å². The Kier molecular flexibility index (Phi) is 6.81. The monoisotopic (exact) mass is 432 g/mol. The first-order chi connectivity index (χ1) is 14.0. The molecule has 2 aromatic rings. The molecule has 160 valence electrons. The van der Waals surface area contributed by atoms with Crippen LogP contribution in [0.4, 0.5) is 26.3 Å². The SMILES string of the molecule is CC(C#N)(COc1cc(F)c(F)cc1CF)NC(=O)c1ccc(OC(F)(F)F)cc1. The molecule has 0 aliphatic rings. The van der Waals surface area contributed by atoms with E-state index in [2.05, 4.69) is 10.1 Å². The van der Waals surface area contributed by atoms with Crippen LogP contribution in [0.15, 0.2) is 36.4 Å². The molecule has 0 saturated carbocycles. The number of ether oxygens (including phenoxy) is 2. The Labute approximate surface area is 166 Å². The molecule has 0 saturated heterocycles. The first-order valence-electron chi connectivity index (χ1n) is 8.22. The Morgan fingerprint density at radius 1 is 1.13 bits per heavy atom. The summed E-state index contributed by atoms with van der Waals surface area (Å²) in [5.41, 5.74) is -2.06. The van der Waals surface area contributed by atoms with Gasteiger partial charge in [0.1, 0.15) is 24.8 Å². The molecule has 1 atom stereocenters. The molecule has 0 heterocycles. The molecule has 1 unspecified atom stereocenters. The van der Waals surface area contributed by atoms with Gasteiger partial charge in [0.15, 0.2) is 17.2 Å². The fraction of sp³-hybridized carbons (Fsp3) is 0.263. The quantitative estimate of drug-likeness (QED) is 0.658. The van der Waals surface area contributed by atoms with Crippen LogP contribution in [-0.2, 0) is 6.67 Å². The number of benzene rings is 2. The molecule has 0 radical (unpaired) electrons. The number of rotatable bonds is 7. The van der Waals surface area contributed by atoms with Gasteiger partial charge in [-0.05, 0) is 37.3 Å². The van der Waals surface area contributed by atoms with E-state index >= 15 is 0 Å². The largest absolute Gasteiger partial charge is 0.573 e. The molecule has 2 rings (SSSR count). The van der Waals surface area contributed by atoms with Gasteiger partial charge < -0.3 is 14.8 Å². The predicted octanol–water partition coefficient (Wildman–Crippen LogP) is 4.42. The molecule has 5 nitrogen and oxygen atoms in total. The van der Waals surface area contributed by atoms with Gasteiger partial charge in [0, 0.05) is 17.2 Å². The number of hydrogen-bond acceptors (Lipinski definition) is 4. The maximum atomic E-state index is 13.4. The van der Waals surface area contributed by atoms with E-state index in [1.54, 1.807) is 6.07 Å². The molecule has 0 bridgehead atoms. The second-order valence-electron chi connectivity index (χ2n) is 6.27. The lowest BCUT2D eigenvalue weighted by Gasteiger charge is -2.24. The lowest BCUT2D eigenvalue weighted by Crippen LogP contribution is -2.49. The lowest BCUT2D eigenvalue weighted by atomic mass is 10.0. The van der Waals surface area contributed by atoms with Crippen LogP contribution in [-0.4, -0.2) is 24.4 Å². The summed E-state index contributed by atoms with van der Waals surface area (Å²) >= 11 is 0. The average Bonchev–Trinajstić information content (AvgIpc) is 2.67. The minimum atomic E-state index is -4.89. The Balaban J connectivity index is 2.09. The zero-order valence-electron chi connectivity index (χ0n) is 15.3. The van der Waals surface area contributed by atoms with Crippen molar-refractivity contribution in [3.05, 3.63) is 59.2 Å². The smallest absolute Gasteiger partial charge is 0.490 e. The highest BCUT2D eigenvalue weighted by Crippen LogP contribution is 2.25. The zero-order valence-corrected chi connectivity index (χ0v) is 15.3. The Morgan fingerprint density at radius 3 is 2.27 bits per heavy atom. The van der Waals surface area contributed by atoms with Crippen LogP contribution in [0.25, 0.3) is 0 Å². The molecule has 11 heteroatoms. The van der Waals surface area contributed by atoms with E-state index in [1.807, 2.05) is 0 Å². The standard InChI is InChI=1S/C19H14F6N2O3/c1-18(9-26,10-29-16-7-15(22)14(21)6-12(16)8-20)27-17(28)11-2-4-13(5-3-11)30-19(23,24)25/h2-7H,8,10H2,1H3,(H,27,28). The third-order valence-corrected chi connectivity index (χ3v) is 3.75. The van der Waals surface area contributed by atoms with Crippen molar-refractivity contribution < 1.29 is 40.6 Å². The second-order valence-corrected chi connectivity index (χ2v) is 6.27. The molecule has 0 aliphatic carbocycles. The number of nitriles is 1. The first kappa shape index (κ1) is 22.9. The number of amides is 1. The minimum absolute atomic E-state index is 0.0803. The highest BCUT2D eigenvalue weighted by Gasteiger charge is 2.31. The van der Waals surface area contributed by atoms with Gasteiger partial charge in [-0.15, -0.1) is 13.2 Å². The number of hydrogen-bond donors (Lipinski definition) is 1. The molecule has 1 amide bonds. The predicted molar refractivity (Wildman–Crippen MR) is 91.3 cm³/mol. The van der Waals surface area contributed by atoms with Gasteiger partial charge in [-0.1, -0.05) is 0 Å². The fourth-order valence-electron chi connectivity index (χ4n) is 2.26. The van der Waals surface area contributed by atoms with E-state index in [9.17, 15) is 36.4 Å². The van der Waals surface area contributed by atoms with Crippen molar-refractivity contribution >= 4 is 5.91 Å². The molecule has 0 aromatic heterocycles. The van der Waals surface area contributed by atoms with Gasteiger partial charge in [-0.3, -0.25) is 4.79 Å². The van der Waals surface area contributed by atoms with Gasteiger partial charge in [-0.25, -0.2) is 13.2 Å². The van der Waals surface area contributed by atoms with Gasteiger partial charge in [0.05, 0.1) is 6.07 Å². The summed E-state index contributed by atoms with van der Waals surface area (Å²) in [4.78, 5) is 12.3. The van der Waals surface area contributed by atoms with Crippen molar-refractivity contribution in [2.75, 3.05) is 6.61 Å². The van der Waals surface area contributed by atoms with Crippen molar-refractivity contribution in [2.45, 2.75) is 25.5 Å². The van der Waals surface area contributed by atoms with E-state index in [0.717, 1.165) is 24.3 Å². The average molecular weight is 432 g/mol. The minimum Gasteiger partial charge on any atom is -0.490 e. The van der Waals surface area contributed by atoms with Gasteiger partial charge in [0.2, 0.25) is 0 Å². The topological polar surface area (TPSA) is 71.3 Å². The maximum Gasteiger partial charge on any atom is 0.573 e. The van der Waals surface area contributed by atoms with Crippen molar-refractivity contribution in [3.63, 3.8) is 0 Å². The Morgan fingerprint density at radius 2 is 1.73 bits per heavy atom. The van der Waals surface area contributed by atoms with Crippen molar-refractivity contribution in [2.24, 2.45) is 0 Å². The van der Waals surface area contributed by atoms with E-state index in [4.69, 9.17) is 4.74 Å². The van der Waals surface area contributed by atoms with Gasteiger partial charge in [-0.2, -0.15) is 5.26 Å². The number of nitrogens with zero attached hydrogens (tertiary/aromatic N) is 1. The molecule has 1 N–H and O–H groups in total. The van der Waals surface area contributed by atoms with E-state index in [-0.39, 0.29) is 16.9 Å². The highest BCUT2D eigenvalue weighted by molar-refractivity contribution is 5.95. The summed E-state index contributed by atoms with van der Waals surface area (Å²) in [6.07, 6.45) is -4.89. The molecule has 0 spiro atoms. The fourth-order valence-corrected chi connectivity index (χ4v) is 2.26. The van der Waals surface area contributed by atoms with Crippen LogP contribution in [0.2, 0.25) is 0 Å². The van der Waals surface area contributed by atoms with E-state index in [0.29, 0.717) is 12.1 Å². The third-order valence-electron chi connectivity index (χ3n) is 3.75. The van der Waals surface area contributed by atoms with Crippen molar-refractivity contribution in [1.29, 1.82) is 5.26 Å². The number of carbonyl (C=O) groups excluding carboxylic acids is 1. The van der Waals surface area contributed by atoms with Crippen LogP contribution in [0.1, 0.15) is 22.8 Å². The number of alkyl halides is 4. The van der Waals surface area contributed by atoms with Gasteiger partial charge >= 0.3 is 6.36 Å². The van der Waals surface area contributed by atoms with Crippen LogP contribution < -0.4 is 14.8 Å². The third kappa shape index (κ3) is 6.04. The number of nitrogens with one attached hydrogen (secondary N) is 1. The van der Waals surface area contributed by atoms with Crippen LogP contribution in [0.3, 0.4) is 0 Å². The summed E-state index contributed by atoms with van der Waals surface area (Å²) in [6.45, 7) is -0.460. The van der Waals surface area contributed by atoms with Crippen molar-refractivity contribution in [3.8, 4) is 17.6 Å². The summed E-state index contributed by atoms with van der Waals surface area (Å²) in [6, 6.07) is 6.91. The molecular formula is C19H14F6N2O3.